The first-order chi connectivity index (χ1) is 14.8. The Labute approximate surface area is 175 Å². The Morgan fingerprint density at radius 2 is 1.67 bits per heavy atom. The van der Waals surface area contributed by atoms with Crippen LogP contribution in [0.15, 0.2) is 91.6 Å². The van der Waals surface area contributed by atoms with Gasteiger partial charge in [0.2, 0.25) is 0 Å². The summed E-state index contributed by atoms with van der Waals surface area (Å²) < 4.78 is 5.97. The Morgan fingerprint density at radius 3 is 2.67 bits per heavy atom. The molecule has 0 N–H and O–H groups in total. The first kappa shape index (κ1) is 18.3. The molecule has 0 saturated carbocycles. The molecule has 0 spiro atoms. The molecule has 0 atom stereocenters. The van der Waals surface area contributed by atoms with Crippen LogP contribution in [0.5, 0.6) is 5.75 Å². The average molecular weight is 391 g/mol. The molecule has 0 bridgehead atoms. The van der Waals surface area contributed by atoms with Gasteiger partial charge < -0.3 is 4.74 Å². The first-order valence-electron chi connectivity index (χ1n) is 10.1. The molecule has 4 nitrogen and oxygen atoms in total. The van der Waals surface area contributed by atoms with Crippen molar-refractivity contribution < 1.29 is 4.74 Å². The van der Waals surface area contributed by atoms with E-state index in [2.05, 4.69) is 45.3 Å². The van der Waals surface area contributed by atoms with Gasteiger partial charge in [0.15, 0.2) is 0 Å². The molecule has 30 heavy (non-hydrogen) atoms. The summed E-state index contributed by atoms with van der Waals surface area (Å²) in [5, 5.41) is 3.47. The number of nitrogens with zero attached hydrogens (tertiary/aromatic N) is 3. The van der Waals surface area contributed by atoms with E-state index in [0.29, 0.717) is 6.61 Å². The van der Waals surface area contributed by atoms with Gasteiger partial charge in [0.05, 0.1) is 18.3 Å². The standard InChI is InChI=1S/C26H21N3O/c1-2-6-26-22(5-1)12-19(15-29-26)4-3-11-30-25-14-24(17-28-18-25)20-7-8-23-16-27-10-9-21(23)13-20/h1-2,5-10,12-18H,3-4,11H2. The van der Waals surface area contributed by atoms with Crippen molar-refractivity contribution in [3.63, 3.8) is 0 Å². The van der Waals surface area contributed by atoms with Crippen molar-refractivity contribution in [2.75, 3.05) is 6.61 Å². The molecule has 4 heteroatoms. The minimum absolute atomic E-state index is 0.640. The number of ether oxygens (including phenoxy) is 1. The summed E-state index contributed by atoms with van der Waals surface area (Å²) in [6.45, 7) is 0.640. The van der Waals surface area contributed by atoms with Crippen LogP contribution in [0.1, 0.15) is 12.0 Å². The third-order valence-corrected chi connectivity index (χ3v) is 5.21. The third-order valence-electron chi connectivity index (χ3n) is 5.21. The SMILES string of the molecule is c1ccc2ncc(CCCOc3cncc(-c4ccc5cnccc5c4)c3)cc2c1. The number of pyridine rings is 3. The number of hydrogen-bond acceptors (Lipinski definition) is 4. The van der Waals surface area contributed by atoms with Gasteiger partial charge in [-0.2, -0.15) is 0 Å². The second kappa shape index (κ2) is 8.29. The van der Waals surface area contributed by atoms with Crippen LogP contribution in [-0.4, -0.2) is 21.6 Å². The zero-order valence-electron chi connectivity index (χ0n) is 16.5. The van der Waals surface area contributed by atoms with Crippen molar-refractivity contribution >= 4 is 21.7 Å². The van der Waals surface area contributed by atoms with Crippen molar-refractivity contribution in [3.8, 4) is 16.9 Å². The number of rotatable bonds is 6. The van der Waals surface area contributed by atoms with Crippen LogP contribution in [0.25, 0.3) is 32.8 Å². The van der Waals surface area contributed by atoms with Crippen LogP contribution in [0.2, 0.25) is 0 Å². The van der Waals surface area contributed by atoms with Gasteiger partial charge in [-0.1, -0.05) is 30.3 Å². The van der Waals surface area contributed by atoms with Gasteiger partial charge >= 0.3 is 0 Å². The van der Waals surface area contributed by atoms with Gasteiger partial charge in [0.25, 0.3) is 0 Å². The molecule has 146 valence electrons. The molecule has 0 radical (unpaired) electrons. The molecule has 5 aromatic rings. The molecule has 3 aromatic heterocycles. The second-order valence-electron chi connectivity index (χ2n) is 7.34. The molecular formula is C26H21N3O. The van der Waals surface area contributed by atoms with Gasteiger partial charge in [-0.15, -0.1) is 0 Å². The molecule has 0 saturated heterocycles. The van der Waals surface area contributed by atoms with Crippen molar-refractivity contribution in [2.45, 2.75) is 12.8 Å². The highest BCUT2D eigenvalue weighted by molar-refractivity contribution is 5.86. The Morgan fingerprint density at radius 1 is 0.700 bits per heavy atom. The van der Waals surface area contributed by atoms with E-state index in [-0.39, 0.29) is 0 Å². The van der Waals surface area contributed by atoms with E-state index in [0.717, 1.165) is 46.0 Å². The summed E-state index contributed by atoms with van der Waals surface area (Å²) in [4.78, 5) is 13.1. The lowest BCUT2D eigenvalue weighted by Gasteiger charge is -2.09. The minimum Gasteiger partial charge on any atom is -0.492 e. The van der Waals surface area contributed by atoms with Gasteiger partial charge in [0, 0.05) is 41.1 Å². The van der Waals surface area contributed by atoms with Gasteiger partial charge in [-0.05, 0) is 59.7 Å². The lowest BCUT2D eigenvalue weighted by molar-refractivity contribution is 0.310. The largest absolute Gasteiger partial charge is 0.492 e. The van der Waals surface area contributed by atoms with Crippen molar-refractivity contribution in [3.05, 3.63) is 97.2 Å². The molecule has 0 aliphatic heterocycles. The molecular weight excluding hydrogens is 370 g/mol. The quantitative estimate of drug-likeness (QED) is 0.340. The van der Waals surface area contributed by atoms with Crippen LogP contribution in [-0.2, 0) is 6.42 Å². The lowest BCUT2D eigenvalue weighted by atomic mass is 10.0. The van der Waals surface area contributed by atoms with Gasteiger partial charge in [0.1, 0.15) is 5.75 Å². The summed E-state index contributed by atoms with van der Waals surface area (Å²) in [5.74, 6) is 0.791. The van der Waals surface area contributed by atoms with Gasteiger partial charge in [-0.25, -0.2) is 0 Å². The smallest absolute Gasteiger partial charge is 0.138 e. The Balaban J connectivity index is 1.23. The summed E-state index contributed by atoms with van der Waals surface area (Å²) in [6.07, 6.45) is 11.1. The normalized spacial score (nSPS) is 11.1. The van der Waals surface area contributed by atoms with Crippen molar-refractivity contribution in [2.24, 2.45) is 0 Å². The fourth-order valence-electron chi connectivity index (χ4n) is 3.64. The van der Waals surface area contributed by atoms with E-state index < -0.39 is 0 Å². The zero-order chi connectivity index (χ0) is 20.2. The third kappa shape index (κ3) is 3.98. The molecule has 2 aromatic carbocycles. The summed E-state index contributed by atoms with van der Waals surface area (Å²) >= 11 is 0. The van der Waals surface area contributed by atoms with Crippen LogP contribution < -0.4 is 4.74 Å². The van der Waals surface area contributed by atoms with E-state index in [1.165, 1.54) is 10.9 Å². The number of para-hydroxylation sites is 1. The van der Waals surface area contributed by atoms with Crippen LogP contribution in [0.3, 0.4) is 0 Å². The molecule has 0 unspecified atom stereocenters. The maximum atomic E-state index is 5.97. The zero-order valence-corrected chi connectivity index (χ0v) is 16.5. The van der Waals surface area contributed by atoms with E-state index in [1.54, 1.807) is 6.20 Å². The topological polar surface area (TPSA) is 47.9 Å². The minimum atomic E-state index is 0.640. The second-order valence-corrected chi connectivity index (χ2v) is 7.34. The molecule has 0 amide bonds. The Bertz CT molecular complexity index is 1320. The maximum absolute atomic E-state index is 5.97. The van der Waals surface area contributed by atoms with Crippen molar-refractivity contribution in [1.82, 2.24) is 15.0 Å². The van der Waals surface area contributed by atoms with Crippen LogP contribution >= 0.6 is 0 Å². The fourth-order valence-corrected chi connectivity index (χ4v) is 3.64. The van der Waals surface area contributed by atoms with Gasteiger partial charge in [-0.3, -0.25) is 15.0 Å². The number of aromatic nitrogens is 3. The summed E-state index contributed by atoms with van der Waals surface area (Å²) in [5.41, 5.74) is 4.43. The van der Waals surface area contributed by atoms with Crippen molar-refractivity contribution in [1.29, 1.82) is 0 Å². The highest BCUT2D eigenvalue weighted by atomic mass is 16.5. The molecule has 5 rings (SSSR count). The predicted octanol–water partition coefficient (Wildman–Crippen LogP) is 5.86. The fraction of sp³-hybridized carbons (Fsp3) is 0.115. The first-order valence-corrected chi connectivity index (χ1v) is 10.1. The van der Waals surface area contributed by atoms with Crippen LogP contribution in [0, 0.1) is 0 Å². The number of fused-ring (bicyclic) bond motifs is 2. The Hall–Kier alpha value is -3.79. The van der Waals surface area contributed by atoms with E-state index in [4.69, 9.17) is 4.74 Å². The maximum Gasteiger partial charge on any atom is 0.138 e. The average Bonchev–Trinajstić information content (AvgIpc) is 2.81. The Kier molecular flexibility index (Phi) is 5.05. The predicted molar refractivity (Wildman–Crippen MR) is 121 cm³/mol. The van der Waals surface area contributed by atoms with E-state index in [1.807, 2.05) is 55.1 Å². The highest BCUT2D eigenvalue weighted by Gasteiger charge is 2.04. The molecule has 3 heterocycles. The number of aryl methyl sites for hydroxylation is 1. The molecule has 0 aliphatic carbocycles. The number of benzene rings is 2. The van der Waals surface area contributed by atoms with E-state index >= 15 is 0 Å². The molecule has 0 fully saturated rings. The van der Waals surface area contributed by atoms with E-state index in [9.17, 15) is 0 Å². The molecule has 0 aliphatic rings. The summed E-state index contributed by atoms with van der Waals surface area (Å²) in [6, 6.07) is 20.8. The highest BCUT2D eigenvalue weighted by Crippen LogP contribution is 2.26. The lowest BCUT2D eigenvalue weighted by Crippen LogP contribution is -2.00. The van der Waals surface area contributed by atoms with Crippen LogP contribution in [0.4, 0.5) is 0 Å². The summed E-state index contributed by atoms with van der Waals surface area (Å²) in [7, 11) is 0. The monoisotopic (exact) mass is 391 g/mol. The number of hydrogen-bond donors (Lipinski definition) is 0.